The predicted octanol–water partition coefficient (Wildman–Crippen LogP) is 1.31. The Morgan fingerprint density at radius 3 is 2.12 bits per heavy atom. The van der Waals surface area contributed by atoms with E-state index in [0.29, 0.717) is 6.04 Å². The zero-order valence-corrected chi connectivity index (χ0v) is 20.2. The Hall–Kier alpha value is -2.40. The third-order valence-electron chi connectivity index (χ3n) is 7.61. The third-order valence-corrected chi connectivity index (χ3v) is 7.61. The maximum atomic E-state index is 13.3. The average molecular weight is 494 g/mol. The lowest BCUT2D eigenvalue weighted by molar-refractivity contribution is -0.705. The summed E-state index contributed by atoms with van der Waals surface area (Å²) >= 11 is 0. The van der Waals surface area contributed by atoms with Gasteiger partial charge in [-0.15, -0.1) is 0 Å². The van der Waals surface area contributed by atoms with Gasteiger partial charge in [-0.05, 0) is 55.1 Å². The molecule has 2 atom stereocenters. The van der Waals surface area contributed by atoms with E-state index in [2.05, 4.69) is 52.7 Å². The zero-order chi connectivity index (χ0) is 21.4. The Bertz CT molecular complexity index is 1020. The van der Waals surface area contributed by atoms with E-state index in [1.807, 2.05) is 36.4 Å². The van der Waals surface area contributed by atoms with E-state index in [-0.39, 0.29) is 28.8 Å². The van der Waals surface area contributed by atoms with Crippen molar-refractivity contribution in [2.24, 2.45) is 17.6 Å². The SMILES string of the molecule is Cc1n(C2CCC(C(C(N)=O)(c3ccccc3)c3ccccc3)C2)cc[n+]1CC1CC1.[Br-]. The molecule has 0 saturated heterocycles. The normalized spacial score (nSPS) is 20.7. The summed E-state index contributed by atoms with van der Waals surface area (Å²) in [5, 5.41) is 0. The van der Waals surface area contributed by atoms with Gasteiger partial charge in [0, 0.05) is 6.92 Å². The van der Waals surface area contributed by atoms with Crippen LogP contribution in [-0.2, 0) is 16.8 Å². The van der Waals surface area contributed by atoms with E-state index in [9.17, 15) is 4.79 Å². The topological polar surface area (TPSA) is 51.9 Å². The second-order valence-corrected chi connectivity index (χ2v) is 9.42. The first-order valence-corrected chi connectivity index (χ1v) is 11.6. The highest BCUT2D eigenvalue weighted by Crippen LogP contribution is 2.50. The van der Waals surface area contributed by atoms with Crippen LogP contribution in [0.25, 0.3) is 0 Å². The highest BCUT2D eigenvalue weighted by atomic mass is 79.9. The predicted molar refractivity (Wildman–Crippen MR) is 121 cm³/mol. The van der Waals surface area contributed by atoms with Gasteiger partial charge in [0.25, 0.3) is 5.82 Å². The van der Waals surface area contributed by atoms with Crippen LogP contribution >= 0.6 is 0 Å². The molecule has 32 heavy (non-hydrogen) atoms. The van der Waals surface area contributed by atoms with Gasteiger partial charge in [0.15, 0.2) is 0 Å². The summed E-state index contributed by atoms with van der Waals surface area (Å²) in [4.78, 5) is 13.3. The Balaban J connectivity index is 0.00000245. The number of carbonyl (C=O) groups is 1. The molecule has 2 N–H and O–H groups in total. The fraction of sp³-hybridized carbons (Fsp3) is 0.407. The van der Waals surface area contributed by atoms with Crippen LogP contribution in [0.5, 0.6) is 0 Å². The first kappa shape index (κ1) is 22.8. The molecule has 5 rings (SSSR count). The molecule has 2 aliphatic carbocycles. The zero-order valence-electron chi connectivity index (χ0n) is 18.7. The number of carbonyl (C=O) groups excluding carboxylic acids is 1. The Morgan fingerprint density at radius 1 is 1.00 bits per heavy atom. The molecule has 3 aromatic rings. The maximum absolute atomic E-state index is 13.3. The van der Waals surface area contributed by atoms with Crippen molar-refractivity contribution < 1.29 is 26.3 Å². The second kappa shape index (κ2) is 9.22. The first-order valence-electron chi connectivity index (χ1n) is 11.6. The summed E-state index contributed by atoms with van der Waals surface area (Å²) in [6.07, 6.45) is 10.2. The van der Waals surface area contributed by atoms with Gasteiger partial charge in [-0.25, -0.2) is 9.13 Å². The molecule has 168 valence electrons. The van der Waals surface area contributed by atoms with Crippen molar-refractivity contribution in [1.29, 1.82) is 0 Å². The molecule has 0 spiro atoms. The molecule has 2 fully saturated rings. The Labute approximate surface area is 201 Å². The highest BCUT2D eigenvalue weighted by molar-refractivity contribution is 5.91. The van der Waals surface area contributed by atoms with E-state index >= 15 is 0 Å². The van der Waals surface area contributed by atoms with Gasteiger partial charge in [-0.2, -0.15) is 0 Å². The lowest BCUT2D eigenvalue weighted by Crippen LogP contribution is -3.00. The first-order chi connectivity index (χ1) is 15.1. The molecule has 2 unspecified atom stereocenters. The highest BCUT2D eigenvalue weighted by Gasteiger charge is 2.51. The molecule has 1 heterocycles. The number of imidazole rings is 1. The Morgan fingerprint density at radius 2 is 1.59 bits per heavy atom. The fourth-order valence-electron chi connectivity index (χ4n) is 5.80. The molecule has 4 nitrogen and oxygen atoms in total. The lowest BCUT2D eigenvalue weighted by atomic mass is 9.64. The van der Waals surface area contributed by atoms with E-state index in [0.717, 1.165) is 42.9 Å². The maximum Gasteiger partial charge on any atom is 0.253 e. The molecule has 5 heteroatoms. The number of benzene rings is 2. The van der Waals surface area contributed by atoms with Gasteiger partial charge in [0.2, 0.25) is 5.91 Å². The van der Waals surface area contributed by atoms with Crippen LogP contribution in [0.2, 0.25) is 0 Å². The molecule has 2 saturated carbocycles. The van der Waals surface area contributed by atoms with Crippen molar-refractivity contribution in [3.63, 3.8) is 0 Å². The van der Waals surface area contributed by atoms with Crippen molar-refractivity contribution in [3.8, 4) is 0 Å². The minimum absolute atomic E-state index is 0. The quantitative estimate of drug-likeness (QED) is 0.495. The monoisotopic (exact) mass is 493 g/mol. The standard InChI is InChI=1S/C27H31N3O.BrH/c1-20-29(19-21-12-13-21)16-17-30(20)25-15-14-24(18-25)27(26(28)31,22-8-4-2-5-9-22)23-10-6-3-7-11-23;/h2-11,16-17,21,24-25H,12-15,18-19H2,1H3,(H-,28,31);1H. The number of aromatic nitrogens is 2. The number of nitrogens with two attached hydrogens (primary N) is 1. The largest absolute Gasteiger partial charge is 1.00 e. The van der Waals surface area contributed by atoms with Crippen molar-refractivity contribution in [2.45, 2.75) is 57.0 Å². The minimum atomic E-state index is -0.803. The number of halogens is 1. The Kier molecular flexibility index (Phi) is 6.57. The number of primary amides is 1. The van der Waals surface area contributed by atoms with Crippen LogP contribution in [-0.4, -0.2) is 10.5 Å². The lowest BCUT2D eigenvalue weighted by Gasteiger charge is -2.37. The molecule has 1 amide bonds. The number of rotatable bonds is 7. The molecule has 2 aliphatic rings. The molecule has 0 radical (unpaired) electrons. The van der Waals surface area contributed by atoms with E-state index in [1.165, 1.54) is 18.7 Å². The van der Waals surface area contributed by atoms with Crippen molar-refractivity contribution in [3.05, 3.63) is 90.0 Å². The van der Waals surface area contributed by atoms with Gasteiger partial charge >= 0.3 is 0 Å². The van der Waals surface area contributed by atoms with E-state index in [1.54, 1.807) is 0 Å². The van der Waals surface area contributed by atoms with E-state index < -0.39 is 5.41 Å². The summed E-state index contributed by atoms with van der Waals surface area (Å²) in [7, 11) is 0. The summed E-state index contributed by atoms with van der Waals surface area (Å²) in [5.74, 6) is 2.10. The number of hydrogen-bond acceptors (Lipinski definition) is 1. The van der Waals surface area contributed by atoms with Crippen LogP contribution in [0.1, 0.15) is 55.1 Å². The van der Waals surface area contributed by atoms with Crippen molar-refractivity contribution in [1.82, 2.24) is 4.57 Å². The molecule has 2 aromatic carbocycles. The van der Waals surface area contributed by atoms with Crippen LogP contribution in [0.15, 0.2) is 73.1 Å². The van der Waals surface area contributed by atoms with E-state index in [4.69, 9.17) is 5.73 Å². The number of hydrogen-bond donors (Lipinski definition) is 1. The third kappa shape index (κ3) is 3.92. The van der Waals surface area contributed by atoms with Gasteiger partial charge in [-0.3, -0.25) is 4.79 Å². The summed E-state index contributed by atoms with van der Waals surface area (Å²) in [6, 6.07) is 20.7. The molecular weight excluding hydrogens is 462 g/mol. The average Bonchev–Trinajstić information content (AvgIpc) is 3.36. The van der Waals surface area contributed by atoms with Crippen LogP contribution in [0, 0.1) is 18.8 Å². The van der Waals surface area contributed by atoms with Crippen LogP contribution in [0.4, 0.5) is 0 Å². The van der Waals surface area contributed by atoms with Crippen LogP contribution < -0.4 is 27.3 Å². The minimum Gasteiger partial charge on any atom is -1.00 e. The molecule has 1 aromatic heterocycles. The van der Waals surface area contributed by atoms with Gasteiger partial charge < -0.3 is 22.7 Å². The smallest absolute Gasteiger partial charge is 0.253 e. The number of amides is 1. The van der Waals surface area contributed by atoms with Gasteiger partial charge in [0.1, 0.15) is 23.9 Å². The van der Waals surface area contributed by atoms with Crippen molar-refractivity contribution >= 4 is 5.91 Å². The second-order valence-electron chi connectivity index (χ2n) is 9.42. The summed E-state index contributed by atoms with van der Waals surface area (Å²) in [5.41, 5.74) is 7.46. The molecular formula is C27H32BrN3O. The fourth-order valence-corrected chi connectivity index (χ4v) is 5.80. The molecule has 0 aliphatic heterocycles. The summed E-state index contributed by atoms with van der Waals surface area (Å²) < 4.78 is 4.84. The summed E-state index contributed by atoms with van der Waals surface area (Å²) in [6.45, 7) is 3.36. The van der Waals surface area contributed by atoms with Crippen molar-refractivity contribution in [2.75, 3.05) is 0 Å². The van der Waals surface area contributed by atoms with Gasteiger partial charge in [-0.1, -0.05) is 60.7 Å². The molecule has 0 bridgehead atoms. The number of nitrogens with zero attached hydrogens (tertiary/aromatic N) is 2. The van der Waals surface area contributed by atoms with Crippen LogP contribution in [0.3, 0.4) is 0 Å². The van der Waals surface area contributed by atoms with Gasteiger partial charge in [0.05, 0.1) is 6.54 Å².